The van der Waals surface area contributed by atoms with Gasteiger partial charge in [-0.1, -0.05) is 41.1 Å². The Hall–Kier alpha value is -1.62. The minimum atomic E-state index is -0.0754. The number of halogens is 1. The molecule has 0 fully saturated rings. The van der Waals surface area contributed by atoms with Gasteiger partial charge in [-0.15, -0.1) is 0 Å². The number of carbonyl (C=O) groups is 1. The van der Waals surface area contributed by atoms with Gasteiger partial charge in [-0.25, -0.2) is 4.68 Å². The summed E-state index contributed by atoms with van der Waals surface area (Å²) in [6.07, 6.45) is 4.39. The van der Waals surface area contributed by atoms with Gasteiger partial charge < -0.3 is 5.32 Å². The fraction of sp³-hybridized carbons (Fsp3) is 0.333. The predicted molar refractivity (Wildman–Crippen MR) is 83.5 cm³/mol. The molecule has 0 saturated carbocycles. The third-order valence-electron chi connectivity index (χ3n) is 3.08. The topological polar surface area (TPSA) is 46.9 Å². The van der Waals surface area contributed by atoms with Crippen LogP contribution < -0.4 is 5.32 Å². The van der Waals surface area contributed by atoms with Crippen molar-refractivity contribution in [2.24, 2.45) is 5.92 Å². The number of rotatable bonds is 6. The highest BCUT2D eigenvalue weighted by Crippen LogP contribution is 2.08. The van der Waals surface area contributed by atoms with Crippen LogP contribution in [0.2, 0.25) is 0 Å². The van der Waals surface area contributed by atoms with Crippen molar-refractivity contribution < 1.29 is 4.79 Å². The van der Waals surface area contributed by atoms with Gasteiger partial charge in [0.05, 0.1) is 17.4 Å². The van der Waals surface area contributed by atoms with Crippen LogP contribution in [0.5, 0.6) is 0 Å². The van der Waals surface area contributed by atoms with E-state index in [1.807, 2.05) is 30.3 Å². The molecule has 2 rings (SSSR count). The maximum Gasteiger partial charge on any atom is 0.254 e. The molecule has 0 bridgehead atoms. The number of amides is 1. The fourth-order valence-electron chi connectivity index (χ4n) is 1.82. The summed E-state index contributed by atoms with van der Waals surface area (Å²) >= 11 is 3.41. The minimum Gasteiger partial charge on any atom is -0.352 e. The molecule has 0 aliphatic rings. The molecule has 0 aliphatic carbocycles. The van der Waals surface area contributed by atoms with E-state index in [9.17, 15) is 4.79 Å². The molecule has 0 radical (unpaired) electrons. The third-order valence-corrected chi connectivity index (χ3v) is 3.54. The average molecular weight is 336 g/mol. The molecule has 0 saturated heterocycles. The van der Waals surface area contributed by atoms with Crippen LogP contribution in [-0.2, 0) is 0 Å². The zero-order chi connectivity index (χ0) is 14.4. The van der Waals surface area contributed by atoms with E-state index in [1.165, 1.54) is 0 Å². The Bertz CT molecular complexity index is 553. The smallest absolute Gasteiger partial charge is 0.254 e. The van der Waals surface area contributed by atoms with Crippen molar-refractivity contribution in [3.05, 3.63) is 48.3 Å². The molecule has 1 amide bonds. The molecular formula is C15H18BrN3O. The number of aromatic nitrogens is 2. The van der Waals surface area contributed by atoms with Crippen LogP contribution in [0.3, 0.4) is 0 Å². The Morgan fingerprint density at radius 3 is 2.85 bits per heavy atom. The summed E-state index contributed by atoms with van der Waals surface area (Å²) in [5.74, 6) is 0.385. The van der Waals surface area contributed by atoms with Crippen LogP contribution in [0.1, 0.15) is 23.7 Å². The van der Waals surface area contributed by atoms with Crippen molar-refractivity contribution in [1.29, 1.82) is 0 Å². The Morgan fingerprint density at radius 1 is 1.40 bits per heavy atom. The number of nitrogens with one attached hydrogen (secondary N) is 1. The molecule has 0 aliphatic heterocycles. The van der Waals surface area contributed by atoms with Crippen LogP contribution in [-0.4, -0.2) is 27.6 Å². The molecule has 1 unspecified atom stereocenters. The second-order valence-electron chi connectivity index (χ2n) is 4.80. The van der Waals surface area contributed by atoms with Gasteiger partial charge in [0.1, 0.15) is 0 Å². The summed E-state index contributed by atoms with van der Waals surface area (Å²) in [7, 11) is 0. The molecule has 1 atom stereocenters. The van der Waals surface area contributed by atoms with E-state index < -0.39 is 0 Å². The number of nitrogens with zero attached hydrogens (tertiary/aromatic N) is 2. The number of benzene rings is 1. The largest absolute Gasteiger partial charge is 0.352 e. The van der Waals surface area contributed by atoms with Crippen LogP contribution in [0.25, 0.3) is 5.69 Å². The summed E-state index contributed by atoms with van der Waals surface area (Å²) in [5.41, 5.74) is 1.53. The number of hydrogen-bond donors (Lipinski definition) is 1. The zero-order valence-electron chi connectivity index (χ0n) is 11.4. The lowest BCUT2D eigenvalue weighted by Gasteiger charge is -2.10. The number of para-hydroxylation sites is 1. The SMILES string of the molecule is CC(CCBr)CNC(=O)c1cnn(-c2ccccc2)c1. The monoisotopic (exact) mass is 335 g/mol. The lowest BCUT2D eigenvalue weighted by molar-refractivity contribution is 0.0948. The van der Waals surface area contributed by atoms with Gasteiger partial charge in [-0.2, -0.15) is 5.10 Å². The van der Waals surface area contributed by atoms with Crippen LogP contribution >= 0.6 is 15.9 Å². The van der Waals surface area contributed by atoms with Crippen molar-refractivity contribution in [3.8, 4) is 5.69 Å². The first-order chi connectivity index (χ1) is 9.70. The molecule has 106 valence electrons. The summed E-state index contributed by atoms with van der Waals surface area (Å²) in [6.45, 7) is 2.80. The Labute approximate surface area is 127 Å². The van der Waals surface area contributed by atoms with Gasteiger partial charge >= 0.3 is 0 Å². The van der Waals surface area contributed by atoms with Crippen molar-refractivity contribution in [3.63, 3.8) is 0 Å². The molecule has 1 aromatic heterocycles. The highest BCUT2D eigenvalue weighted by atomic mass is 79.9. The first-order valence-corrected chi connectivity index (χ1v) is 7.77. The average Bonchev–Trinajstić information content (AvgIpc) is 2.96. The zero-order valence-corrected chi connectivity index (χ0v) is 13.0. The molecule has 5 heteroatoms. The maximum absolute atomic E-state index is 12.0. The van der Waals surface area contributed by atoms with E-state index in [0.717, 1.165) is 17.4 Å². The summed E-state index contributed by atoms with van der Waals surface area (Å²) in [4.78, 5) is 12.0. The second-order valence-corrected chi connectivity index (χ2v) is 5.59. The minimum absolute atomic E-state index is 0.0754. The fourth-order valence-corrected chi connectivity index (χ4v) is 2.60. The van der Waals surface area contributed by atoms with Gasteiger partial charge in [-0.3, -0.25) is 4.79 Å². The molecule has 1 aromatic carbocycles. The standard InChI is InChI=1S/C15H18BrN3O/c1-12(7-8-16)9-17-15(20)13-10-18-19(11-13)14-5-3-2-4-6-14/h2-6,10-12H,7-9H2,1H3,(H,17,20). The van der Waals surface area contributed by atoms with E-state index >= 15 is 0 Å². The van der Waals surface area contributed by atoms with Crippen molar-refractivity contribution in [2.45, 2.75) is 13.3 Å². The quantitative estimate of drug-likeness (QED) is 0.825. The molecule has 2 aromatic rings. The van der Waals surface area contributed by atoms with Crippen LogP contribution in [0, 0.1) is 5.92 Å². The van der Waals surface area contributed by atoms with Gasteiger partial charge in [-0.05, 0) is 24.5 Å². The van der Waals surface area contributed by atoms with E-state index in [1.54, 1.807) is 17.1 Å². The van der Waals surface area contributed by atoms with Gasteiger partial charge in [0.2, 0.25) is 0 Å². The Balaban J connectivity index is 1.97. The lowest BCUT2D eigenvalue weighted by atomic mass is 10.1. The first kappa shape index (κ1) is 14.8. The molecule has 20 heavy (non-hydrogen) atoms. The normalized spacial score (nSPS) is 12.1. The molecule has 1 N–H and O–H groups in total. The Kier molecular flexibility index (Phi) is 5.35. The van der Waals surface area contributed by atoms with Gasteiger partial charge in [0.25, 0.3) is 5.91 Å². The van der Waals surface area contributed by atoms with Crippen molar-refractivity contribution in [2.75, 3.05) is 11.9 Å². The highest BCUT2D eigenvalue weighted by molar-refractivity contribution is 9.09. The number of alkyl halides is 1. The predicted octanol–water partition coefficient (Wildman–Crippen LogP) is 3.02. The Morgan fingerprint density at radius 2 is 2.15 bits per heavy atom. The summed E-state index contributed by atoms with van der Waals surface area (Å²) in [5, 5.41) is 8.11. The van der Waals surface area contributed by atoms with E-state index in [2.05, 4.69) is 33.3 Å². The lowest BCUT2D eigenvalue weighted by Crippen LogP contribution is -2.28. The van der Waals surface area contributed by atoms with Gasteiger partial charge in [0.15, 0.2) is 0 Å². The number of hydrogen-bond acceptors (Lipinski definition) is 2. The van der Waals surface area contributed by atoms with Crippen molar-refractivity contribution in [1.82, 2.24) is 15.1 Å². The molecule has 1 heterocycles. The van der Waals surface area contributed by atoms with E-state index in [0.29, 0.717) is 18.0 Å². The van der Waals surface area contributed by atoms with Crippen LogP contribution in [0.15, 0.2) is 42.7 Å². The van der Waals surface area contributed by atoms with E-state index in [4.69, 9.17) is 0 Å². The van der Waals surface area contributed by atoms with Crippen molar-refractivity contribution >= 4 is 21.8 Å². The maximum atomic E-state index is 12.0. The van der Waals surface area contributed by atoms with E-state index in [-0.39, 0.29) is 5.91 Å². The third kappa shape index (κ3) is 3.93. The van der Waals surface area contributed by atoms with Crippen LogP contribution in [0.4, 0.5) is 0 Å². The first-order valence-electron chi connectivity index (χ1n) is 6.65. The summed E-state index contributed by atoms with van der Waals surface area (Å²) < 4.78 is 1.71. The molecule has 4 nitrogen and oxygen atoms in total. The van der Waals surface area contributed by atoms with Gasteiger partial charge in [0, 0.05) is 18.1 Å². The molecular weight excluding hydrogens is 318 g/mol. The second kappa shape index (κ2) is 7.24. The summed E-state index contributed by atoms with van der Waals surface area (Å²) in [6, 6.07) is 9.74. The highest BCUT2D eigenvalue weighted by Gasteiger charge is 2.10. The number of carbonyl (C=O) groups excluding carboxylic acids is 1. The molecule has 0 spiro atoms.